The number of phenolic OH excluding ortho intramolecular Hbond substituents is 1. The Balaban J connectivity index is 2.13. The molecule has 0 fully saturated rings. The second-order valence-corrected chi connectivity index (χ2v) is 5.01. The lowest BCUT2D eigenvalue weighted by Crippen LogP contribution is -2.27. The van der Waals surface area contributed by atoms with Crippen LogP contribution >= 0.6 is 11.8 Å². The summed E-state index contributed by atoms with van der Waals surface area (Å²) in [6.45, 7) is 0.217. The number of rotatable bonds is 5. The zero-order valence-corrected chi connectivity index (χ0v) is 11.1. The Bertz CT molecular complexity index is 586. The summed E-state index contributed by atoms with van der Waals surface area (Å²) in [5.74, 6) is 0.412. The normalized spacial score (nSPS) is 10.6. The summed E-state index contributed by atoms with van der Waals surface area (Å²) in [5.41, 5.74) is 0. The van der Waals surface area contributed by atoms with Gasteiger partial charge in [-0.25, -0.2) is 0 Å². The van der Waals surface area contributed by atoms with Gasteiger partial charge in [0.15, 0.2) is 0 Å². The van der Waals surface area contributed by atoms with E-state index in [0.717, 1.165) is 15.7 Å². The molecule has 0 saturated heterocycles. The van der Waals surface area contributed by atoms with Crippen molar-refractivity contribution in [1.82, 2.24) is 5.32 Å². The van der Waals surface area contributed by atoms with Crippen molar-refractivity contribution in [2.45, 2.75) is 4.90 Å². The van der Waals surface area contributed by atoms with Crippen molar-refractivity contribution in [3.63, 3.8) is 0 Å². The Kier molecular flexibility index (Phi) is 4.65. The van der Waals surface area contributed by atoms with Crippen LogP contribution in [0.25, 0.3) is 10.8 Å². The first kappa shape index (κ1) is 13.7. The van der Waals surface area contributed by atoms with E-state index in [9.17, 15) is 9.90 Å². The molecule has 0 aliphatic heterocycles. The van der Waals surface area contributed by atoms with E-state index >= 15 is 0 Å². The molecular formula is C14H15NO3S. The number of hydrogen-bond donors (Lipinski definition) is 3. The van der Waals surface area contributed by atoms with Gasteiger partial charge in [-0.15, -0.1) is 11.8 Å². The van der Waals surface area contributed by atoms with Gasteiger partial charge in [0.2, 0.25) is 5.91 Å². The largest absolute Gasteiger partial charge is 0.507 e. The SMILES string of the molecule is O=C(CSc1ccc(O)c2ccccc12)NCCO. The molecule has 0 aliphatic carbocycles. The van der Waals surface area contributed by atoms with Crippen molar-refractivity contribution < 1.29 is 15.0 Å². The maximum Gasteiger partial charge on any atom is 0.230 e. The molecule has 4 nitrogen and oxygen atoms in total. The van der Waals surface area contributed by atoms with Gasteiger partial charge in [0, 0.05) is 16.8 Å². The molecule has 1 amide bonds. The molecule has 100 valence electrons. The summed E-state index contributed by atoms with van der Waals surface area (Å²) in [4.78, 5) is 12.4. The predicted molar refractivity (Wildman–Crippen MR) is 76.4 cm³/mol. The monoisotopic (exact) mass is 277 g/mol. The average molecular weight is 277 g/mol. The second kappa shape index (κ2) is 6.45. The molecule has 0 spiro atoms. The third-order valence-corrected chi connectivity index (χ3v) is 3.73. The van der Waals surface area contributed by atoms with Crippen LogP contribution in [0.3, 0.4) is 0 Å². The van der Waals surface area contributed by atoms with Crippen LogP contribution in [0.2, 0.25) is 0 Å². The fraction of sp³-hybridized carbons (Fsp3) is 0.214. The van der Waals surface area contributed by atoms with Crippen molar-refractivity contribution in [2.24, 2.45) is 0 Å². The van der Waals surface area contributed by atoms with Crippen molar-refractivity contribution in [2.75, 3.05) is 18.9 Å². The molecule has 5 heteroatoms. The van der Waals surface area contributed by atoms with Gasteiger partial charge in [-0.2, -0.15) is 0 Å². The third-order valence-electron chi connectivity index (χ3n) is 2.65. The molecule has 19 heavy (non-hydrogen) atoms. The van der Waals surface area contributed by atoms with E-state index < -0.39 is 0 Å². The van der Waals surface area contributed by atoms with Gasteiger partial charge >= 0.3 is 0 Å². The van der Waals surface area contributed by atoms with Crippen molar-refractivity contribution >= 4 is 28.4 Å². The Labute approximate surface area is 115 Å². The summed E-state index contributed by atoms with van der Waals surface area (Å²) in [5, 5.41) is 22.7. The summed E-state index contributed by atoms with van der Waals surface area (Å²) in [7, 11) is 0. The van der Waals surface area contributed by atoms with Gasteiger partial charge < -0.3 is 15.5 Å². The van der Waals surface area contributed by atoms with Gasteiger partial charge in [-0.05, 0) is 17.5 Å². The van der Waals surface area contributed by atoms with Gasteiger partial charge in [0.1, 0.15) is 5.75 Å². The standard InChI is InChI=1S/C14H15NO3S/c16-8-7-15-14(18)9-19-13-6-5-12(17)10-3-1-2-4-11(10)13/h1-6,16-17H,7-9H2,(H,15,18). The van der Waals surface area contributed by atoms with Crippen LogP contribution in [0.15, 0.2) is 41.3 Å². The quantitative estimate of drug-likeness (QED) is 0.728. The number of carbonyl (C=O) groups excluding carboxylic acids is 1. The van der Waals surface area contributed by atoms with Gasteiger partial charge in [-0.1, -0.05) is 24.3 Å². The molecule has 3 N–H and O–H groups in total. The molecule has 0 saturated carbocycles. The van der Waals surface area contributed by atoms with Crippen LogP contribution in [0.1, 0.15) is 0 Å². The highest BCUT2D eigenvalue weighted by Crippen LogP contribution is 2.32. The van der Waals surface area contributed by atoms with Crippen LogP contribution in [0.4, 0.5) is 0 Å². The first-order chi connectivity index (χ1) is 9.22. The van der Waals surface area contributed by atoms with Gasteiger partial charge in [0.05, 0.1) is 12.4 Å². The van der Waals surface area contributed by atoms with E-state index in [-0.39, 0.29) is 30.6 Å². The van der Waals surface area contributed by atoms with E-state index in [1.807, 2.05) is 30.3 Å². The molecule has 0 bridgehead atoms. The topological polar surface area (TPSA) is 69.6 Å². The fourth-order valence-electron chi connectivity index (χ4n) is 1.77. The summed E-state index contributed by atoms with van der Waals surface area (Å²) in [6, 6.07) is 11.0. The lowest BCUT2D eigenvalue weighted by molar-refractivity contribution is -0.118. The van der Waals surface area contributed by atoms with Crippen LogP contribution in [0.5, 0.6) is 5.75 Å². The lowest BCUT2D eigenvalue weighted by atomic mass is 10.1. The molecule has 0 aliphatic rings. The van der Waals surface area contributed by atoms with E-state index in [0.29, 0.717) is 0 Å². The minimum absolute atomic E-state index is 0.0570. The number of thioether (sulfide) groups is 1. The Morgan fingerprint density at radius 1 is 1.16 bits per heavy atom. The highest BCUT2D eigenvalue weighted by Gasteiger charge is 2.07. The Morgan fingerprint density at radius 3 is 2.63 bits per heavy atom. The summed E-state index contributed by atoms with van der Waals surface area (Å²) < 4.78 is 0. The van der Waals surface area contributed by atoms with E-state index in [1.54, 1.807) is 6.07 Å². The van der Waals surface area contributed by atoms with Crippen LogP contribution in [-0.2, 0) is 4.79 Å². The average Bonchev–Trinajstić information content (AvgIpc) is 2.45. The minimum atomic E-state index is -0.115. The lowest BCUT2D eigenvalue weighted by Gasteiger charge is -2.08. The number of hydrogen-bond acceptors (Lipinski definition) is 4. The highest BCUT2D eigenvalue weighted by molar-refractivity contribution is 8.00. The van der Waals surface area contributed by atoms with Gasteiger partial charge in [-0.3, -0.25) is 4.79 Å². The number of fused-ring (bicyclic) bond motifs is 1. The van der Waals surface area contributed by atoms with Crippen molar-refractivity contribution in [1.29, 1.82) is 0 Å². The molecule has 2 rings (SSSR count). The Morgan fingerprint density at radius 2 is 1.89 bits per heavy atom. The number of nitrogens with one attached hydrogen (secondary N) is 1. The number of amides is 1. The number of aromatic hydroxyl groups is 1. The highest BCUT2D eigenvalue weighted by atomic mass is 32.2. The third kappa shape index (κ3) is 3.39. The predicted octanol–water partition coefficient (Wildman–Crippen LogP) is 1.75. The molecule has 0 unspecified atom stereocenters. The zero-order valence-electron chi connectivity index (χ0n) is 10.3. The van der Waals surface area contributed by atoms with Gasteiger partial charge in [0.25, 0.3) is 0 Å². The Hall–Kier alpha value is -1.72. The minimum Gasteiger partial charge on any atom is -0.507 e. The van der Waals surface area contributed by atoms with Crippen LogP contribution in [-0.4, -0.2) is 35.0 Å². The van der Waals surface area contributed by atoms with Crippen LogP contribution < -0.4 is 5.32 Å². The maximum atomic E-state index is 11.5. The summed E-state index contributed by atoms with van der Waals surface area (Å²) >= 11 is 1.41. The van der Waals surface area contributed by atoms with Crippen molar-refractivity contribution in [3.8, 4) is 5.75 Å². The fourth-order valence-corrected chi connectivity index (χ4v) is 2.66. The van der Waals surface area contributed by atoms with Crippen molar-refractivity contribution in [3.05, 3.63) is 36.4 Å². The molecule has 0 radical (unpaired) electrons. The molecular weight excluding hydrogens is 262 g/mol. The molecule has 0 atom stereocenters. The molecule has 2 aromatic rings. The molecule has 2 aromatic carbocycles. The van der Waals surface area contributed by atoms with E-state index in [2.05, 4.69) is 5.32 Å². The maximum absolute atomic E-state index is 11.5. The first-order valence-corrected chi connectivity index (χ1v) is 6.92. The smallest absolute Gasteiger partial charge is 0.230 e. The van der Waals surface area contributed by atoms with Crippen LogP contribution in [0, 0.1) is 0 Å². The number of benzene rings is 2. The zero-order chi connectivity index (χ0) is 13.7. The first-order valence-electron chi connectivity index (χ1n) is 5.93. The number of carbonyl (C=O) groups is 1. The van der Waals surface area contributed by atoms with E-state index in [4.69, 9.17) is 5.11 Å². The second-order valence-electron chi connectivity index (χ2n) is 3.99. The van der Waals surface area contributed by atoms with E-state index in [1.165, 1.54) is 11.8 Å². The number of phenols is 1. The summed E-state index contributed by atoms with van der Waals surface area (Å²) in [6.07, 6.45) is 0. The molecule has 0 aromatic heterocycles. The number of aliphatic hydroxyl groups excluding tert-OH is 1. The molecule has 0 heterocycles. The number of aliphatic hydroxyl groups is 1.